The first-order valence-corrected chi connectivity index (χ1v) is 9.11. The van der Waals surface area contributed by atoms with Crippen molar-refractivity contribution in [3.63, 3.8) is 0 Å². The quantitative estimate of drug-likeness (QED) is 0.485. The van der Waals surface area contributed by atoms with Gasteiger partial charge in [-0.15, -0.1) is 0 Å². The fourth-order valence-electron chi connectivity index (χ4n) is 2.59. The highest BCUT2D eigenvalue weighted by Gasteiger charge is 2.29. The van der Waals surface area contributed by atoms with E-state index in [1.165, 1.54) is 10.9 Å². The van der Waals surface area contributed by atoms with E-state index in [0.717, 1.165) is 15.9 Å². The van der Waals surface area contributed by atoms with E-state index in [4.69, 9.17) is 0 Å². The zero-order valence-corrected chi connectivity index (χ0v) is 13.8. The lowest BCUT2D eigenvalue weighted by molar-refractivity contribution is 0.592. The predicted octanol–water partition coefficient (Wildman–Crippen LogP) is -0.157. The molecular weight excluding hydrogens is 285 g/mol. The summed E-state index contributed by atoms with van der Waals surface area (Å²) >= 11 is 0. The van der Waals surface area contributed by atoms with Crippen molar-refractivity contribution in [2.24, 2.45) is 0 Å². The van der Waals surface area contributed by atoms with Gasteiger partial charge in [-0.1, -0.05) is 89.8 Å². The zero-order valence-electron chi connectivity index (χ0n) is 12.9. The Balaban J connectivity index is 2.25. The Morgan fingerprint density at radius 1 is 0.545 bits per heavy atom. The molecule has 0 aliphatic rings. The molecule has 0 N–H and O–H groups in total. The fourth-order valence-corrected chi connectivity index (χ4v) is 5.22. The molecule has 22 heavy (non-hydrogen) atoms. The Kier molecular flexibility index (Phi) is 4.09. The van der Waals surface area contributed by atoms with Gasteiger partial charge in [-0.25, -0.2) is 0 Å². The summed E-state index contributed by atoms with van der Waals surface area (Å²) in [7, 11) is 1.27. The lowest BCUT2D eigenvalue weighted by atomic mass is 9.97. The lowest BCUT2D eigenvalue weighted by Crippen LogP contribution is -2.26. The Labute approximate surface area is 133 Å². The van der Waals surface area contributed by atoms with Crippen LogP contribution in [0.5, 0.6) is 0 Å². The highest BCUT2D eigenvalue weighted by atomic mass is 31.2. The molecule has 0 aromatic heterocycles. The molecule has 3 aromatic carbocycles. The normalized spacial score (nSPS) is 11.3. The molecule has 106 valence electrons. The van der Waals surface area contributed by atoms with E-state index in [1.54, 1.807) is 0 Å². The van der Waals surface area contributed by atoms with Crippen LogP contribution in [0.25, 0.3) is 0 Å². The van der Waals surface area contributed by atoms with Crippen molar-refractivity contribution in [1.29, 1.82) is 0 Å². The van der Waals surface area contributed by atoms with Gasteiger partial charge in [0.25, 0.3) is 0 Å². The second-order valence-electron chi connectivity index (χ2n) is 5.62. The Morgan fingerprint density at radius 3 is 1.32 bits per heavy atom. The maximum Gasteiger partial charge on any atom is 0.171 e. The highest BCUT2D eigenvalue weighted by molar-refractivity contribution is 7.85. The molecule has 0 amide bonds. The fraction of sp³-hybridized carbons (Fsp3) is 0. The third-order valence-corrected chi connectivity index (χ3v) is 6.99. The van der Waals surface area contributed by atoms with Gasteiger partial charge in [-0.2, -0.15) is 0 Å². The molecule has 0 fully saturated rings. The van der Waals surface area contributed by atoms with Gasteiger partial charge in [0, 0.05) is 15.9 Å². The first-order chi connectivity index (χ1) is 10.6. The maximum atomic E-state index is 14.0. The summed E-state index contributed by atoms with van der Waals surface area (Å²) in [6, 6.07) is 25.8. The molecule has 0 heterocycles. The van der Waals surface area contributed by atoms with Gasteiger partial charge in [0.1, 0.15) is 15.7 Å². The summed E-state index contributed by atoms with van der Waals surface area (Å²) in [4.78, 5) is 0. The molecule has 3 rings (SSSR count). The predicted molar refractivity (Wildman–Crippen MR) is 102 cm³/mol. The third kappa shape index (κ3) is 2.69. The molecule has 0 spiro atoms. The minimum absolute atomic E-state index is 0.878. The SMILES string of the molecule is Bc1ccc(P(=O)(c2ccccc2)c2ccc(B)cc2)cc1. The maximum absolute atomic E-state index is 14.0. The van der Waals surface area contributed by atoms with E-state index >= 15 is 0 Å². The van der Waals surface area contributed by atoms with Gasteiger partial charge in [-0.3, -0.25) is 0 Å². The monoisotopic (exact) mass is 302 g/mol. The molecule has 0 atom stereocenters. The molecule has 0 aliphatic carbocycles. The van der Waals surface area contributed by atoms with Crippen molar-refractivity contribution < 1.29 is 4.57 Å². The van der Waals surface area contributed by atoms with E-state index in [0.29, 0.717) is 0 Å². The molecule has 0 aliphatic heterocycles. The molecule has 0 radical (unpaired) electrons. The molecule has 4 heteroatoms. The van der Waals surface area contributed by atoms with Crippen LogP contribution in [0.2, 0.25) is 0 Å². The van der Waals surface area contributed by atoms with Crippen LogP contribution >= 0.6 is 7.14 Å². The van der Waals surface area contributed by atoms with Crippen LogP contribution in [-0.4, -0.2) is 15.7 Å². The van der Waals surface area contributed by atoms with Crippen molar-refractivity contribution in [2.45, 2.75) is 0 Å². The van der Waals surface area contributed by atoms with E-state index < -0.39 is 7.14 Å². The van der Waals surface area contributed by atoms with Crippen molar-refractivity contribution in [3.05, 3.63) is 78.9 Å². The topological polar surface area (TPSA) is 17.1 Å². The number of rotatable bonds is 3. The van der Waals surface area contributed by atoms with Crippen LogP contribution in [0.3, 0.4) is 0 Å². The van der Waals surface area contributed by atoms with Crippen LogP contribution in [-0.2, 0) is 4.57 Å². The number of benzene rings is 3. The summed E-state index contributed by atoms with van der Waals surface area (Å²) < 4.78 is 14.0. The van der Waals surface area contributed by atoms with E-state index in [9.17, 15) is 4.57 Å². The summed E-state index contributed by atoms with van der Waals surface area (Å²) in [5.74, 6) is 0. The Bertz CT molecular complexity index is 762. The van der Waals surface area contributed by atoms with Crippen molar-refractivity contribution in [3.8, 4) is 0 Å². The highest BCUT2D eigenvalue weighted by Crippen LogP contribution is 2.41. The third-order valence-electron chi connectivity index (χ3n) is 3.91. The standard InChI is InChI=1S/C18H17B2OP/c19-14-6-10-17(11-7-14)22(21,16-4-2-1-3-5-16)18-12-8-15(20)9-13-18/h1-13H,19-20H2. The van der Waals surface area contributed by atoms with Crippen LogP contribution < -0.4 is 26.8 Å². The molecule has 3 aromatic rings. The minimum atomic E-state index is -2.82. The molecule has 1 nitrogen and oxygen atoms in total. The Morgan fingerprint density at radius 2 is 0.909 bits per heavy atom. The molecular formula is C18H17B2OP. The number of hydrogen-bond donors (Lipinski definition) is 0. The average molecular weight is 302 g/mol. The van der Waals surface area contributed by atoms with Crippen molar-refractivity contribution >= 4 is 49.7 Å². The van der Waals surface area contributed by atoms with Crippen LogP contribution in [0, 0.1) is 0 Å². The van der Waals surface area contributed by atoms with Crippen LogP contribution in [0.1, 0.15) is 0 Å². The van der Waals surface area contributed by atoms with Gasteiger partial charge in [0.2, 0.25) is 0 Å². The minimum Gasteiger partial charge on any atom is -0.309 e. The zero-order chi connectivity index (χ0) is 15.6. The summed E-state index contributed by atoms with van der Waals surface area (Å²) in [6.07, 6.45) is 0. The smallest absolute Gasteiger partial charge is 0.171 e. The molecule has 0 bridgehead atoms. The largest absolute Gasteiger partial charge is 0.309 e. The van der Waals surface area contributed by atoms with E-state index in [1.807, 2.05) is 94.6 Å². The summed E-state index contributed by atoms with van der Waals surface area (Å²) in [5.41, 5.74) is 2.35. The first-order valence-electron chi connectivity index (χ1n) is 7.41. The van der Waals surface area contributed by atoms with Gasteiger partial charge in [0.15, 0.2) is 7.14 Å². The van der Waals surface area contributed by atoms with Crippen molar-refractivity contribution in [1.82, 2.24) is 0 Å². The second-order valence-corrected chi connectivity index (χ2v) is 8.38. The molecule has 0 unspecified atom stereocenters. The van der Waals surface area contributed by atoms with E-state index in [2.05, 4.69) is 0 Å². The van der Waals surface area contributed by atoms with Crippen LogP contribution in [0.4, 0.5) is 0 Å². The van der Waals surface area contributed by atoms with Gasteiger partial charge in [-0.05, 0) is 0 Å². The summed E-state index contributed by atoms with van der Waals surface area (Å²) in [6.45, 7) is 0. The number of hydrogen-bond acceptors (Lipinski definition) is 1. The van der Waals surface area contributed by atoms with Gasteiger partial charge in [0.05, 0.1) is 0 Å². The summed E-state index contributed by atoms with van der Waals surface area (Å²) in [5, 5.41) is 2.64. The first kappa shape index (κ1) is 14.9. The van der Waals surface area contributed by atoms with Crippen LogP contribution in [0.15, 0.2) is 78.9 Å². The lowest BCUT2D eigenvalue weighted by Gasteiger charge is -2.20. The second kappa shape index (κ2) is 6.02. The molecule has 0 saturated carbocycles. The average Bonchev–Trinajstić information content (AvgIpc) is 2.56. The van der Waals surface area contributed by atoms with Gasteiger partial charge < -0.3 is 4.57 Å². The van der Waals surface area contributed by atoms with Gasteiger partial charge >= 0.3 is 0 Å². The van der Waals surface area contributed by atoms with Crippen molar-refractivity contribution in [2.75, 3.05) is 0 Å². The molecule has 0 saturated heterocycles. The van der Waals surface area contributed by atoms with E-state index in [-0.39, 0.29) is 0 Å². The Hall–Kier alpha value is -1.98.